The number of nitrogens with one attached hydrogen (secondary N) is 1. The molecule has 1 heterocycles. The van der Waals surface area contributed by atoms with Crippen LogP contribution in [-0.2, 0) is 13.2 Å². The molecule has 0 fully saturated rings. The highest BCUT2D eigenvalue weighted by molar-refractivity contribution is 6.32. The molecule has 0 unspecified atom stereocenters. The van der Waals surface area contributed by atoms with Gasteiger partial charge in [-0.3, -0.25) is 0 Å². The van der Waals surface area contributed by atoms with Gasteiger partial charge in [-0.1, -0.05) is 35.3 Å². The fourth-order valence-electron chi connectivity index (χ4n) is 1.62. The van der Waals surface area contributed by atoms with Crippen molar-refractivity contribution in [1.29, 1.82) is 0 Å². The molecule has 1 aromatic carbocycles. The average molecular weight is 297 g/mol. The van der Waals surface area contributed by atoms with Gasteiger partial charge in [-0.2, -0.15) is 0 Å². The number of aromatic nitrogens is 1. The predicted octanol–water partition coefficient (Wildman–Crippen LogP) is 3.69. The molecule has 0 atom stereocenters. The zero-order valence-electron chi connectivity index (χ0n) is 10.5. The number of ether oxygens (including phenoxy) is 1. The summed E-state index contributed by atoms with van der Waals surface area (Å²) in [5.41, 5.74) is 1.84. The molecule has 2 aromatic rings. The lowest BCUT2D eigenvalue weighted by molar-refractivity contribution is 0.301. The summed E-state index contributed by atoms with van der Waals surface area (Å²) in [4.78, 5) is 4.13. The number of hydrogen-bond donors (Lipinski definition) is 1. The Hall–Kier alpha value is -1.29. The summed E-state index contributed by atoms with van der Waals surface area (Å²) in [5, 5.41) is 4.05. The molecule has 5 heteroatoms. The second kappa shape index (κ2) is 6.75. The van der Waals surface area contributed by atoms with Crippen molar-refractivity contribution in [3.05, 3.63) is 57.8 Å². The van der Waals surface area contributed by atoms with Gasteiger partial charge in [0.1, 0.15) is 17.5 Å². The van der Waals surface area contributed by atoms with Crippen LogP contribution in [0.1, 0.15) is 11.3 Å². The summed E-state index contributed by atoms with van der Waals surface area (Å²) in [5.74, 6) is 0.776. The Morgan fingerprint density at radius 1 is 1.11 bits per heavy atom. The minimum Gasteiger partial charge on any atom is -0.487 e. The van der Waals surface area contributed by atoms with E-state index >= 15 is 0 Å². The van der Waals surface area contributed by atoms with Gasteiger partial charge in [-0.15, -0.1) is 0 Å². The van der Waals surface area contributed by atoms with Crippen molar-refractivity contribution in [2.75, 3.05) is 7.05 Å². The second-order valence-electron chi connectivity index (χ2n) is 4.03. The summed E-state index contributed by atoms with van der Waals surface area (Å²) in [7, 11) is 1.91. The van der Waals surface area contributed by atoms with Crippen molar-refractivity contribution < 1.29 is 4.74 Å². The zero-order chi connectivity index (χ0) is 13.7. The van der Waals surface area contributed by atoms with E-state index in [-0.39, 0.29) is 0 Å². The first-order valence-corrected chi connectivity index (χ1v) is 6.62. The minimum absolute atomic E-state index is 0.296. The van der Waals surface area contributed by atoms with Crippen LogP contribution >= 0.6 is 23.2 Å². The first-order chi connectivity index (χ1) is 9.19. The fraction of sp³-hybridized carbons (Fsp3) is 0.214. The maximum absolute atomic E-state index is 6.02. The van der Waals surface area contributed by atoms with Crippen LogP contribution in [0.5, 0.6) is 5.75 Å². The lowest BCUT2D eigenvalue weighted by Crippen LogP contribution is -2.04. The molecule has 0 bridgehead atoms. The summed E-state index contributed by atoms with van der Waals surface area (Å²) >= 11 is 11.8. The molecule has 0 aliphatic carbocycles. The van der Waals surface area contributed by atoms with E-state index in [1.807, 2.05) is 31.3 Å². The van der Waals surface area contributed by atoms with Crippen LogP contribution in [0.15, 0.2) is 36.4 Å². The second-order valence-corrected chi connectivity index (χ2v) is 4.82. The first-order valence-electron chi connectivity index (χ1n) is 5.86. The lowest BCUT2D eigenvalue weighted by Gasteiger charge is -2.08. The van der Waals surface area contributed by atoms with E-state index in [0.29, 0.717) is 22.5 Å². The first kappa shape index (κ1) is 14.1. The normalized spacial score (nSPS) is 10.5. The Morgan fingerprint density at radius 3 is 2.53 bits per heavy atom. The quantitative estimate of drug-likeness (QED) is 0.855. The Kier molecular flexibility index (Phi) is 5.02. The highest BCUT2D eigenvalue weighted by Gasteiger charge is 2.04. The Balaban J connectivity index is 2.00. The van der Waals surface area contributed by atoms with Crippen LogP contribution in [0.4, 0.5) is 0 Å². The number of hydrogen-bond acceptors (Lipinski definition) is 3. The van der Waals surface area contributed by atoms with Gasteiger partial charge in [0.15, 0.2) is 0 Å². The van der Waals surface area contributed by atoms with Gasteiger partial charge >= 0.3 is 0 Å². The number of nitrogens with zero attached hydrogens (tertiary/aromatic N) is 1. The maximum Gasteiger partial charge on any atom is 0.132 e. The largest absolute Gasteiger partial charge is 0.487 e. The highest BCUT2D eigenvalue weighted by atomic mass is 35.5. The fourth-order valence-corrected chi connectivity index (χ4v) is 1.94. The van der Waals surface area contributed by atoms with E-state index in [1.54, 1.807) is 12.1 Å². The highest BCUT2D eigenvalue weighted by Crippen LogP contribution is 2.19. The molecule has 0 saturated heterocycles. The third kappa shape index (κ3) is 4.10. The molecular weight excluding hydrogens is 283 g/mol. The van der Waals surface area contributed by atoms with E-state index in [4.69, 9.17) is 27.9 Å². The van der Waals surface area contributed by atoms with Gasteiger partial charge in [0.2, 0.25) is 0 Å². The van der Waals surface area contributed by atoms with Gasteiger partial charge in [0.05, 0.1) is 10.7 Å². The molecule has 2 rings (SSSR count). The maximum atomic E-state index is 6.02. The summed E-state index contributed by atoms with van der Waals surface area (Å²) < 4.78 is 5.64. The summed E-state index contributed by atoms with van der Waals surface area (Å²) in [6, 6.07) is 11.2. The van der Waals surface area contributed by atoms with Gasteiger partial charge in [0.25, 0.3) is 0 Å². The van der Waals surface area contributed by atoms with Crippen molar-refractivity contribution in [2.45, 2.75) is 13.2 Å². The molecule has 3 nitrogen and oxygen atoms in total. The van der Waals surface area contributed by atoms with Crippen molar-refractivity contribution >= 4 is 23.2 Å². The lowest BCUT2D eigenvalue weighted by atomic mass is 10.2. The van der Waals surface area contributed by atoms with Gasteiger partial charge in [0, 0.05) is 6.54 Å². The summed E-state index contributed by atoms with van der Waals surface area (Å²) in [6.07, 6.45) is 0. The molecule has 0 radical (unpaired) electrons. The number of halogens is 2. The van der Waals surface area contributed by atoms with Crippen molar-refractivity contribution in [3.63, 3.8) is 0 Å². The zero-order valence-corrected chi connectivity index (χ0v) is 12.0. The number of rotatable bonds is 5. The molecule has 19 heavy (non-hydrogen) atoms. The molecule has 100 valence electrons. The molecule has 0 amide bonds. The molecule has 0 aliphatic heterocycles. The molecule has 1 N–H and O–H groups in total. The monoisotopic (exact) mass is 296 g/mol. The van der Waals surface area contributed by atoms with Gasteiger partial charge in [-0.25, -0.2) is 4.98 Å². The molecule has 0 saturated carbocycles. The standard InChI is InChI=1S/C14H14Cl2N2O/c1-17-8-10-2-4-11(5-3-10)19-9-13-12(15)6-7-14(16)18-13/h2-7,17H,8-9H2,1H3. The molecule has 1 aromatic heterocycles. The van der Waals surface area contributed by atoms with E-state index in [9.17, 15) is 0 Å². The molecular formula is C14H14Cl2N2O. The van der Waals surface area contributed by atoms with Crippen LogP contribution < -0.4 is 10.1 Å². The van der Waals surface area contributed by atoms with Crippen LogP contribution in [0.3, 0.4) is 0 Å². The SMILES string of the molecule is CNCc1ccc(OCc2nc(Cl)ccc2Cl)cc1. The smallest absolute Gasteiger partial charge is 0.132 e. The summed E-state index contributed by atoms with van der Waals surface area (Å²) in [6.45, 7) is 1.13. The Morgan fingerprint density at radius 2 is 1.84 bits per heavy atom. The predicted molar refractivity (Wildman–Crippen MR) is 77.8 cm³/mol. The minimum atomic E-state index is 0.296. The average Bonchev–Trinajstić information content (AvgIpc) is 2.42. The van der Waals surface area contributed by atoms with Crippen LogP contribution in [0.25, 0.3) is 0 Å². The van der Waals surface area contributed by atoms with E-state index in [0.717, 1.165) is 12.3 Å². The van der Waals surface area contributed by atoms with E-state index in [1.165, 1.54) is 5.56 Å². The third-order valence-electron chi connectivity index (χ3n) is 2.56. The van der Waals surface area contributed by atoms with Crippen LogP contribution in [0.2, 0.25) is 10.2 Å². The Bertz CT molecular complexity index is 544. The molecule has 0 spiro atoms. The van der Waals surface area contributed by atoms with Gasteiger partial charge in [-0.05, 0) is 36.9 Å². The van der Waals surface area contributed by atoms with E-state index < -0.39 is 0 Å². The van der Waals surface area contributed by atoms with Crippen LogP contribution in [0, 0.1) is 0 Å². The van der Waals surface area contributed by atoms with Crippen molar-refractivity contribution in [3.8, 4) is 5.75 Å². The van der Waals surface area contributed by atoms with Crippen molar-refractivity contribution in [2.24, 2.45) is 0 Å². The van der Waals surface area contributed by atoms with Crippen LogP contribution in [-0.4, -0.2) is 12.0 Å². The third-order valence-corrected chi connectivity index (χ3v) is 3.12. The number of pyridine rings is 1. The Labute approximate surface area is 122 Å². The van der Waals surface area contributed by atoms with Gasteiger partial charge < -0.3 is 10.1 Å². The topological polar surface area (TPSA) is 34.1 Å². The number of benzene rings is 1. The van der Waals surface area contributed by atoms with E-state index in [2.05, 4.69) is 10.3 Å². The molecule has 0 aliphatic rings. The van der Waals surface area contributed by atoms with Crippen molar-refractivity contribution in [1.82, 2.24) is 10.3 Å².